The highest BCUT2D eigenvalue weighted by atomic mass is 15.3. The second-order valence-electron chi connectivity index (χ2n) is 5.52. The standard InChI is InChI=1S/C16H17N5/c1-10-6-13-9-21(5-4-14(13)18-8-10)16-12(3)11(2)15(7-17)19-20-16/h6,8H,4-5,9H2,1-3H3. The van der Waals surface area contributed by atoms with E-state index in [9.17, 15) is 0 Å². The Kier molecular flexibility index (Phi) is 3.30. The molecule has 106 valence electrons. The summed E-state index contributed by atoms with van der Waals surface area (Å²) in [5.74, 6) is 0.874. The second-order valence-corrected chi connectivity index (χ2v) is 5.52. The molecule has 0 fully saturated rings. The van der Waals surface area contributed by atoms with Crippen LogP contribution in [0.25, 0.3) is 0 Å². The van der Waals surface area contributed by atoms with E-state index in [1.165, 1.54) is 16.8 Å². The molecule has 0 N–H and O–H groups in total. The van der Waals surface area contributed by atoms with Gasteiger partial charge < -0.3 is 4.90 Å². The van der Waals surface area contributed by atoms with E-state index < -0.39 is 0 Å². The number of anilines is 1. The van der Waals surface area contributed by atoms with E-state index in [4.69, 9.17) is 5.26 Å². The molecule has 5 nitrogen and oxygen atoms in total. The third-order valence-corrected chi connectivity index (χ3v) is 4.08. The summed E-state index contributed by atoms with van der Waals surface area (Å²) in [6, 6.07) is 4.28. The van der Waals surface area contributed by atoms with Gasteiger partial charge in [-0.05, 0) is 43.0 Å². The van der Waals surface area contributed by atoms with Crippen molar-refractivity contribution in [2.75, 3.05) is 11.4 Å². The molecule has 0 aliphatic carbocycles. The summed E-state index contributed by atoms with van der Waals surface area (Å²) in [6.07, 6.45) is 2.83. The first-order chi connectivity index (χ1) is 10.1. The molecule has 2 aromatic heterocycles. The molecular weight excluding hydrogens is 262 g/mol. The van der Waals surface area contributed by atoms with E-state index in [1.54, 1.807) is 0 Å². The minimum atomic E-state index is 0.408. The zero-order valence-corrected chi connectivity index (χ0v) is 12.5. The minimum Gasteiger partial charge on any atom is -0.350 e. The van der Waals surface area contributed by atoms with E-state index in [0.717, 1.165) is 36.5 Å². The van der Waals surface area contributed by atoms with E-state index >= 15 is 0 Å². The van der Waals surface area contributed by atoms with Gasteiger partial charge in [0.2, 0.25) is 0 Å². The summed E-state index contributed by atoms with van der Waals surface area (Å²) in [6.45, 7) is 7.66. The van der Waals surface area contributed by atoms with Crippen LogP contribution in [0.2, 0.25) is 0 Å². The number of aromatic nitrogens is 3. The van der Waals surface area contributed by atoms with Gasteiger partial charge in [0.1, 0.15) is 6.07 Å². The number of fused-ring (bicyclic) bond motifs is 1. The lowest BCUT2D eigenvalue weighted by molar-refractivity contribution is 0.690. The van der Waals surface area contributed by atoms with Crippen LogP contribution in [-0.4, -0.2) is 21.7 Å². The van der Waals surface area contributed by atoms with Gasteiger partial charge in [-0.2, -0.15) is 5.26 Å². The molecule has 3 heterocycles. The summed E-state index contributed by atoms with van der Waals surface area (Å²) in [5.41, 5.74) is 5.96. The molecule has 0 radical (unpaired) electrons. The minimum absolute atomic E-state index is 0.408. The fourth-order valence-electron chi connectivity index (χ4n) is 2.73. The third-order valence-electron chi connectivity index (χ3n) is 4.08. The van der Waals surface area contributed by atoms with Gasteiger partial charge in [-0.15, -0.1) is 10.2 Å². The number of hydrogen-bond donors (Lipinski definition) is 0. The first-order valence-corrected chi connectivity index (χ1v) is 7.03. The SMILES string of the molecule is Cc1cnc2c(c1)CN(c1nnc(C#N)c(C)c1C)CC2. The Morgan fingerprint density at radius 3 is 2.76 bits per heavy atom. The van der Waals surface area contributed by atoms with E-state index in [0.29, 0.717) is 5.69 Å². The van der Waals surface area contributed by atoms with Crippen LogP contribution in [0.15, 0.2) is 12.3 Å². The van der Waals surface area contributed by atoms with Crippen molar-refractivity contribution in [1.82, 2.24) is 15.2 Å². The van der Waals surface area contributed by atoms with Gasteiger partial charge in [-0.25, -0.2) is 0 Å². The van der Waals surface area contributed by atoms with Gasteiger partial charge in [-0.3, -0.25) is 4.98 Å². The van der Waals surface area contributed by atoms with Crippen LogP contribution >= 0.6 is 0 Å². The van der Waals surface area contributed by atoms with Crippen molar-refractivity contribution in [1.29, 1.82) is 5.26 Å². The average Bonchev–Trinajstić information content (AvgIpc) is 2.49. The van der Waals surface area contributed by atoms with Crippen LogP contribution in [0.1, 0.15) is 33.6 Å². The molecule has 2 aromatic rings. The fourth-order valence-corrected chi connectivity index (χ4v) is 2.73. The van der Waals surface area contributed by atoms with Gasteiger partial charge in [0.25, 0.3) is 0 Å². The Labute approximate surface area is 124 Å². The number of aryl methyl sites for hydroxylation is 1. The summed E-state index contributed by atoms with van der Waals surface area (Å²) in [4.78, 5) is 6.73. The Bertz CT molecular complexity index is 745. The summed E-state index contributed by atoms with van der Waals surface area (Å²) in [5, 5.41) is 17.3. The van der Waals surface area contributed by atoms with Crippen molar-refractivity contribution >= 4 is 5.82 Å². The van der Waals surface area contributed by atoms with Gasteiger partial charge in [0, 0.05) is 31.4 Å². The summed E-state index contributed by atoms with van der Waals surface area (Å²) >= 11 is 0. The van der Waals surface area contributed by atoms with Crippen molar-refractivity contribution in [2.45, 2.75) is 33.7 Å². The molecule has 0 amide bonds. The first kappa shape index (κ1) is 13.5. The Morgan fingerprint density at radius 1 is 1.19 bits per heavy atom. The maximum atomic E-state index is 9.03. The van der Waals surface area contributed by atoms with Crippen molar-refractivity contribution in [3.05, 3.63) is 45.9 Å². The van der Waals surface area contributed by atoms with Crippen LogP contribution in [0.5, 0.6) is 0 Å². The predicted octanol–water partition coefficient (Wildman–Crippen LogP) is 2.23. The zero-order valence-electron chi connectivity index (χ0n) is 12.5. The highest BCUT2D eigenvalue weighted by molar-refractivity contribution is 5.53. The molecular formula is C16H17N5. The monoisotopic (exact) mass is 279 g/mol. The molecule has 0 spiro atoms. The molecule has 0 bridgehead atoms. The maximum Gasteiger partial charge on any atom is 0.166 e. The van der Waals surface area contributed by atoms with Crippen molar-refractivity contribution in [3.8, 4) is 6.07 Å². The lowest BCUT2D eigenvalue weighted by atomic mass is 10.0. The number of nitriles is 1. The van der Waals surface area contributed by atoms with Crippen LogP contribution in [0, 0.1) is 32.1 Å². The molecule has 1 aliphatic rings. The van der Waals surface area contributed by atoms with E-state index in [1.807, 2.05) is 20.0 Å². The summed E-state index contributed by atoms with van der Waals surface area (Å²) in [7, 11) is 0. The Morgan fingerprint density at radius 2 is 2.00 bits per heavy atom. The molecule has 0 unspecified atom stereocenters. The largest absolute Gasteiger partial charge is 0.350 e. The first-order valence-electron chi connectivity index (χ1n) is 7.03. The molecule has 0 atom stereocenters. The average molecular weight is 279 g/mol. The molecule has 0 saturated carbocycles. The zero-order chi connectivity index (χ0) is 15.0. The highest BCUT2D eigenvalue weighted by Crippen LogP contribution is 2.26. The van der Waals surface area contributed by atoms with Crippen LogP contribution < -0.4 is 4.90 Å². The van der Waals surface area contributed by atoms with Crippen LogP contribution in [0.4, 0.5) is 5.82 Å². The molecule has 21 heavy (non-hydrogen) atoms. The molecule has 0 aromatic carbocycles. The molecule has 5 heteroatoms. The smallest absolute Gasteiger partial charge is 0.166 e. The fraction of sp³-hybridized carbons (Fsp3) is 0.375. The van der Waals surface area contributed by atoms with Crippen molar-refractivity contribution < 1.29 is 0 Å². The normalized spacial score (nSPS) is 13.7. The highest BCUT2D eigenvalue weighted by Gasteiger charge is 2.21. The van der Waals surface area contributed by atoms with Gasteiger partial charge in [0.05, 0.1) is 0 Å². The van der Waals surface area contributed by atoms with Crippen molar-refractivity contribution in [3.63, 3.8) is 0 Å². The third kappa shape index (κ3) is 2.33. The van der Waals surface area contributed by atoms with Gasteiger partial charge >= 0.3 is 0 Å². The van der Waals surface area contributed by atoms with E-state index in [-0.39, 0.29) is 0 Å². The second kappa shape index (κ2) is 5.13. The molecule has 3 rings (SSSR count). The van der Waals surface area contributed by atoms with Gasteiger partial charge in [-0.1, -0.05) is 6.07 Å². The van der Waals surface area contributed by atoms with Crippen LogP contribution in [-0.2, 0) is 13.0 Å². The Balaban J connectivity index is 1.97. The lowest BCUT2D eigenvalue weighted by Gasteiger charge is -2.30. The predicted molar refractivity (Wildman–Crippen MR) is 79.9 cm³/mol. The number of hydrogen-bond acceptors (Lipinski definition) is 5. The number of nitrogens with zero attached hydrogens (tertiary/aromatic N) is 5. The number of pyridine rings is 1. The van der Waals surface area contributed by atoms with Crippen molar-refractivity contribution in [2.24, 2.45) is 0 Å². The summed E-state index contributed by atoms with van der Waals surface area (Å²) < 4.78 is 0. The topological polar surface area (TPSA) is 65.7 Å². The maximum absolute atomic E-state index is 9.03. The Hall–Kier alpha value is -2.48. The van der Waals surface area contributed by atoms with Crippen LogP contribution in [0.3, 0.4) is 0 Å². The molecule has 1 aliphatic heterocycles. The van der Waals surface area contributed by atoms with Gasteiger partial charge in [0.15, 0.2) is 11.5 Å². The van der Waals surface area contributed by atoms with E-state index in [2.05, 4.69) is 39.1 Å². The number of rotatable bonds is 1. The molecule has 0 saturated heterocycles. The quantitative estimate of drug-likeness (QED) is 0.801. The lowest BCUT2D eigenvalue weighted by Crippen LogP contribution is -2.32.